The van der Waals surface area contributed by atoms with Crippen molar-refractivity contribution >= 4 is 17.4 Å². The minimum absolute atomic E-state index is 0.0594. The number of fused-ring (bicyclic) bond motifs is 1. The van der Waals surface area contributed by atoms with Crippen LogP contribution in [-0.4, -0.2) is 35.6 Å². The Balaban J connectivity index is 1.53. The van der Waals surface area contributed by atoms with E-state index >= 15 is 0 Å². The van der Waals surface area contributed by atoms with Crippen LogP contribution in [0.5, 0.6) is 5.88 Å². The van der Waals surface area contributed by atoms with Gasteiger partial charge in [-0.1, -0.05) is 18.2 Å². The molecule has 2 atom stereocenters. The van der Waals surface area contributed by atoms with Gasteiger partial charge in [-0.15, -0.1) is 11.3 Å². The second-order valence-electron chi connectivity index (χ2n) is 6.88. The molecular formula is C18H18F3N3O2S. The number of ether oxygens (including phenoxy) is 1. The fraction of sp³-hybridized carbons (Fsp3) is 0.444. The van der Waals surface area contributed by atoms with Crippen molar-refractivity contribution in [3.63, 3.8) is 0 Å². The average Bonchev–Trinajstić information content (AvgIpc) is 3.04. The number of hydrogen-bond acceptors (Lipinski definition) is 5. The van der Waals surface area contributed by atoms with E-state index in [1.807, 2.05) is 0 Å². The molecule has 5 nitrogen and oxygen atoms in total. The van der Waals surface area contributed by atoms with Gasteiger partial charge in [0.1, 0.15) is 0 Å². The summed E-state index contributed by atoms with van der Waals surface area (Å²) in [6, 6.07) is 5.34. The zero-order valence-corrected chi connectivity index (χ0v) is 15.1. The molecule has 1 aliphatic carbocycles. The predicted octanol–water partition coefficient (Wildman–Crippen LogP) is 3.63. The molecule has 0 radical (unpaired) electrons. The van der Waals surface area contributed by atoms with Gasteiger partial charge in [0, 0.05) is 13.1 Å². The first-order chi connectivity index (χ1) is 12.9. The third-order valence-electron chi connectivity index (χ3n) is 5.24. The molecule has 1 saturated heterocycles. The van der Waals surface area contributed by atoms with E-state index in [1.54, 1.807) is 11.4 Å². The van der Waals surface area contributed by atoms with E-state index in [1.165, 1.54) is 33.9 Å². The van der Waals surface area contributed by atoms with Crippen molar-refractivity contribution in [2.24, 2.45) is 17.8 Å². The first-order valence-electron chi connectivity index (χ1n) is 8.64. The van der Waals surface area contributed by atoms with Crippen LogP contribution in [-0.2, 0) is 12.7 Å². The number of carbonyl (C=O) groups excluding carboxylic acids is 1. The summed E-state index contributed by atoms with van der Waals surface area (Å²) in [7, 11) is 0. The second-order valence-corrected chi connectivity index (χ2v) is 7.60. The Bertz CT molecular complexity index is 802. The van der Waals surface area contributed by atoms with Crippen molar-refractivity contribution < 1.29 is 22.7 Å². The van der Waals surface area contributed by atoms with E-state index < -0.39 is 17.8 Å². The molecule has 1 aromatic heterocycles. The molecule has 9 heteroatoms. The van der Waals surface area contributed by atoms with Crippen LogP contribution in [0.4, 0.5) is 18.0 Å². The number of thiazole rings is 1. The Hall–Kier alpha value is -2.13. The van der Waals surface area contributed by atoms with Crippen molar-refractivity contribution in [2.45, 2.75) is 12.7 Å². The molecule has 1 aromatic carbocycles. The van der Waals surface area contributed by atoms with E-state index in [4.69, 9.17) is 4.74 Å². The van der Waals surface area contributed by atoms with Gasteiger partial charge in [0.15, 0.2) is 0 Å². The summed E-state index contributed by atoms with van der Waals surface area (Å²) in [5.74, 6) is 1.43. The summed E-state index contributed by atoms with van der Waals surface area (Å²) in [6.07, 6.45) is -5.14. The first kappa shape index (κ1) is 18.2. The highest BCUT2D eigenvalue weighted by Crippen LogP contribution is 2.49. The van der Waals surface area contributed by atoms with Gasteiger partial charge in [0.25, 0.3) is 0 Å². The van der Waals surface area contributed by atoms with Gasteiger partial charge in [0.05, 0.1) is 16.5 Å². The molecule has 1 amide bonds. The van der Waals surface area contributed by atoms with Crippen LogP contribution in [0.2, 0.25) is 0 Å². The zero-order chi connectivity index (χ0) is 19.0. The van der Waals surface area contributed by atoms with Gasteiger partial charge in [-0.3, -0.25) is 0 Å². The molecule has 0 bridgehead atoms. The number of hydrogen-bond donors (Lipinski definition) is 1. The van der Waals surface area contributed by atoms with E-state index in [9.17, 15) is 18.0 Å². The molecule has 144 valence electrons. The van der Waals surface area contributed by atoms with Crippen LogP contribution in [0.15, 0.2) is 35.2 Å². The molecule has 2 aliphatic rings. The highest BCUT2D eigenvalue weighted by molar-refractivity contribution is 7.07. The third-order valence-corrected chi connectivity index (χ3v) is 5.81. The molecule has 2 heterocycles. The van der Waals surface area contributed by atoms with Crippen LogP contribution in [0, 0.1) is 17.8 Å². The SMILES string of the molecule is O=C(Oc1cscn1)N(Cc1ccccc1C(F)(F)F)CC1C2CNCC21. The lowest BCUT2D eigenvalue weighted by molar-refractivity contribution is -0.138. The molecule has 2 aromatic rings. The molecule has 4 rings (SSSR count). The van der Waals surface area contributed by atoms with Crippen molar-refractivity contribution in [3.8, 4) is 5.88 Å². The lowest BCUT2D eigenvalue weighted by Gasteiger charge is -2.24. The Labute approximate surface area is 158 Å². The highest BCUT2D eigenvalue weighted by atomic mass is 32.1. The van der Waals surface area contributed by atoms with Gasteiger partial charge in [0.2, 0.25) is 5.88 Å². The summed E-state index contributed by atoms with van der Waals surface area (Å²) in [6.45, 7) is 2.01. The number of rotatable bonds is 5. The Morgan fingerprint density at radius 2 is 2.04 bits per heavy atom. The fourth-order valence-electron chi connectivity index (χ4n) is 3.82. The summed E-state index contributed by atoms with van der Waals surface area (Å²) in [5, 5.41) is 4.86. The Kier molecular flexibility index (Phi) is 4.81. The van der Waals surface area contributed by atoms with Crippen molar-refractivity contribution in [3.05, 3.63) is 46.3 Å². The summed E-state index contributed by atoms with van der Waals surface area (Å²) < 4.78 is 45.2. The van der Waals surface area contributed by atoms with E-state index in [0.29, 0.717) is 24.3 Å². The monoisotopic (exact) mass is 397 g/mol. The lowest BCUT2D eigenvalue weighted by Crippen LogP contribution is -2.37. The van der Waals surface area contributed by atoms with Crippen molar-refractivity contribution in [1.29, 1.82) is 0 Å². The van der Waals surface area contributed by atoms with Crippen molar-refractivity contribution in [1.82, 2.24) is 15.2 Å². The van der Waals surface area contributed by atoms with Gasteiger partial charge < -0.3 is 15.0 Å². The van der Waals surface area contributed by atoms with Gasteiger partial charge in [-0.25, -0.2) is 9.78 Å². The highest BCUT2D eigenvalue weighted by Gasteiger charge is 2.53. The number of benzene rings is 1. The molecule has 0 spiro atoms. The minimum Gasteiger partial charge on any atom is -0.390 e. The molecule has 2 unspecified atom stereocenters. The average molecular weight is 397 g/mol. The van der Waals surface area contributed by atoms with Gasteiger partial charge in [-0.05, 0) is 42.5 Å². The fourth-order valence-corrected chi connectivity index (χ4v) is 4.27. The molecule has 1 N–H and O–H groups in total. The Morgan fingerprint density at radius 3 is 2.70 bits per heavy atom. The summed E-state index contributed by atoms with van der Waals surface area (Å²) >= 11 is 1.28. The standard InChI is InChI=1S/C18H18F3N3O2S/c19-18(20,21)15-4-2-1-3-11(15)7-24(8-14-12-5-22-6-13(12)14)17(25)26-16-9-27-10-23-16/h1-4,9-10,12-14,22H,5-8H2. The third kappa shape index (κ3) is 3.93. The molecule has 1 aliphatic heterocycles. The van der Waals surface area contributed by atoms with E-state index in [-0.39, 0.29) is 18.0 Å². The summed E-state index contributed by atoms with van der Waals surface area (Å²) in [5.41, 5.74) is 0.862. The zero-order valence-electron chi connectivity index (χ0n) is 14.3. The number of nitrogens with one attached hydrogen (secondary N) is 1. The molecule has 27 heavy (non-hydrogen) atoms. The topological polar surface area (TPSA) is 54.5 Å². The predicted molar refractivity (Wildman–Crippen MR) is 93.3 cm³/mol. The number of halogens is 3. The number of nitrogens with zero attached hydrogens (tertiary/aromatic N) is 2. The number of carbonyl (C=O) groups is 1. The normalized spacial score (nSPS) is 23.7. The van der Waals surface area contributed by atoms with E-state index in [2.05, 4.69) is 10.3 Å². The van der Waals surface area contributed by atoms with Gasteiger partial charge in [-0.2, -0.15) is 13.2 Å². The van der Waals surface area contributed by atoms with Crippen LogP contribution in [0.3, 0.4) is 0 Å². The maximum absolute atomic E-state index is 13.3. The molecule has 2 fully saturated rings. The lowest BCUT2D eigenvalue weighted by atomic mass is 10.1. The minimum atomic E-state index is -4.47. The van der Waals surface area contributed by atoms with Crippen LogP contribution < -0.4 is 10.1 Å². The first-order valence-corrected chi connectivity index (χ1v) is 9.58. The number of alkyl halides is 3. The second kappa shape index (κ2) is 7.12. The molecular weight excluding hydrogens is 379 g/mol. The smallest absolute Gasteiger partial charge is 0.390 e. The number of aromatic nitrogens is 1. The Morgan fingerprint density at radius 1 is 1.30 bits per heavy atom. The van der Waals surface area contributed by atoms with Crippen LogP contribution in [0.25, 0.3) is 0 Å². The number of piperidine rings is 1. The largest absolute Gasteiger partial charge is 0.416 e. The summed E-state index contributed by atoms with van der Waals surface area (Å²) in [4.78, 5) is 17.9. The maximum atomic E-state index is 13.3. The van der Waals surface area contributed by atoms with Crippen LogP contribution in [0.1, 0.15) is 11.1 Å². The van der Waals surface area contributed by atoms with E-state index in [0.717, 1.165) is 19.2 Å². The number of amides is 1. The van der Waals surface area contributed by atoms with Crippen molar-refractivity contribution in [2.75, 3.05) is 19.6 Å². The van der Waals surface area contributed by atoms with Gasteiger partial charge >= 0.3 is 12.3 Å². The quantitative estimate of drug-likeness (QED) is 0.837. The molecule has 1 saturated carbocycles. The van der Waals surface area contributed by atoms with Crippen LogP contribution >= 0.6 is 11.3 Å². The maximum Gasteiger partial charge on any atom is 0.416 e.